The lowest BCUT2D eigenvalue weighted by molar-refractivity contribution is -0.113. The summed E-state index contributed by atoms with van der Waals surface area (Å²) < 4.78 is 0. The summed E-state index contributed by atoms with van der Waals surface area (Å²) in [7, 11) is 0. The molecule has 0 atom stereocenters. The van der Waals surface area contributed by atoms with E-state index in [1.807, 2.05) is 66.7 Å². The lowest BCUT2D eigenvalue weighted by Crippen LogP contribution is -2.26. The van der Waals surface area contributed by atoms with Crippen molar-refractivity contribution in [3.63, 3.8) is 0 Å². The van der Waals surface area contributed by atoms with E-state index in [1.54, 1.807) is 17.0 Å². The number of anilines is 1. The van der Waals surface area contributed by atoms with E-state index in [0.29, 0.717) is 12.1 Å². The summed E-state index contributed by atoms with van der Waals surface area (Å²) in [5.41, 5.74) is 2.41. The normalized spacial score (nSPS) is 12.6. The molecule has 0 fully saturated rings. The summed E-state index contributed by atoms with van der Waals surface area (Å²) in [5, 5.41) is 20.7. The molecular formula is C22H13N3O. The minimum atomic E-state index is -0.308. The summed E-state index contributed by atoms with van der Waals surface area (Å²) in [6, 6.07) is 25.0. The Kier molecular flexibility index (Phi) is 3.73. The highest BCUT2D eigenvalue weighted by Crippen LogP contribution is 2.39. The second-order valence-corrected chi connectivity index (χ2v) is 6.02. The van der Waals surface area contributed by atoms with Gasteiger partial charge in [0.25, 0.3) is 5.91 Å². The number of para-hydroxylation sites is 1. The van der Waals surface area contributed by atoms with Crippen LogP contribution in [0.2, 0.25) is 0 Å². The van der Waals surface area contributed by atoms with Crippen LogP contribution in [0.5, 0.6) is 0 Å². The molecule has 1 aliphatic rings. The SMILES string of the molecule is N#CC(C#N)=C1C(=O)N(Cc2cccc3ccccc23)c2ccccc21. The van der Waals surface area contributed by atoms with Gasteiger partial charge in [0, 0.05) is 5.56 Å². The molecule has 4 heteroatoms. The molecule has 0 N–H and O–H groups in total. The van der Waals surface area contributed by atoms with Crippen molar-refractivity contribution in [1.82, 2.24) is 0 Å². The molecule has 0 aliphatic carbocycles. The maximum Gasteiger partial charge on any atom is 0.261 e. The quantitative estimate of drug-likeness (QED) is 0.521. The molecule has 3 aromatic rings. The number of nitrogens with zero attached hydrogens (tertiary/aromatic N) is 3. The van der Waals surface area contributed by atoms with Crippen molar-refractivity contribution in [3.05, 3.63) is 83.4 Å². The third kappa shape index (κ3) is 2.33. The van der Waals surface area contributed by atoms with Crippen LogP contribution in [-0.2, 0) is 11.3 Å². The zero-order chi connectivity index (χ0) is 18.1. The second-order valence-electron chi connectivity index (χ2n) is 6.02. The van der Waals surface area contributed by atoms with Crippen molar-refractivity contribution in [2.24, 2.45) is 0 Å². The standard InChI is InChI=1S/C22H13N3O/c23-12-17(13-24)21-19-10-3-4-11-20(19)25(22(21)26)14-16-8-5-7-15-6-1-2-9-18(15)16/h1-11H,14H2. The van der Waals surface area contributed by atoms with E-state index in [9.17, 15) is 15.3 Å². The van der Waals surface area contributed by atoms with E-state index in [2.05, 4.69) is 0 Å². The molecule has 1 amide bonds. The molecule has 3 aromatic carbocycles. The fourth-order valence-electron chi connectivity index (χ4n) is 3.42. The molecule has 26 heavy (non-hydrogen) atoms. The first-order valence-corrected chi connectivity index (χ1v) is 8.17. The van der Waals surface area contributed by atoms with Crippen molar-refractivity contribution in [1.29, 1.82) is 10.5 Å². The highest BCUT2D eigenvalue weighted by Gasteiger charge is 2.34. The average molecular weight is 335 g/mol. The van der Waals surface area contributed by atoms with Gasteiger partial charge in [-0.15, -0.1) is 0 Å². The Morgan fingerprint density at radius 1 is 0.885 bits per heavy atom. The smallest absolute Gasteiger partial charge is 0.261 e. The van der Waals surface area contributed by atoms with Crippen molar-refractivity contribution in [2.75, 3.05) is 4.90 Å². The van der Waals surface area contributed by atoms with Crippen LogP contribution in [0, 0.1) is 22.7 Å². The number of rotatable bonds is 2. The maximum absolute atomic E-state index is 13.0. The lowest BCUT2D eigenvalue weighted by atomic mass is 10.0. The number of benzene rings is 3. The van der Waals surface area contributed by atoms with E-state index in [0.717, 1.165) is 22.0 Å². The van der Waals surface area contributed by atoms with Crippen LogP contribution < -0.4 is 4.90 Å². The minimum absolute atomic E-state index is 0.150. The monoisotopic (exact) mass is 335 g/mol. The van der Waals surface area contributed by atoms with Gasteiger partial charge in [0.15, 0.2) is 0 Å². The van der Waals surface area contributed by atoms with Gasteiger partial charge in [0.05, 0.1) is 17.8 Å². The summed E-state index contributed by atoms with van der Waals surface area (Å²) in [6.07, 6.45) is 0. The van der Waals surface area contributed by atoms with Gasteiger partial charge < -0.3 is 4.90 Å². The lowest BCUT2D eigenvalue weighted by Gasteiger charge is -2.18. The topological polar surface area (TPSA) is 67.9 Å². The number of carbonyl (C=O) groups excluding carboxylic acids is 1. The Bertz CT molecular complexity index is 1140. The van der Waals surface area contributed by atoms with Crippen LogP contribution in [-0.4, -0.2) is 5.91 Å². The highest BCUT2D eigenvalue weighted by atomic mass is 16.2. The Morgan fingerprint density at radius 3 is 2.38 bits per heavy atom. The fraction of sp³-hybridized carbons (Fsp3) is 0.0455. The Labute approximate surface area is 150 Å². The molecule has 0 unspecified atom stereocenters. The van der Waals surface area contributed by atoms with Crippen LogP contribution in [0.4, 0.5) is 5.69 Å². The Balaban J connectivity index is 1.86. The summed E-state index contributed by atoms with van der Waals surface area (Å²) in [6.45, 7) is 0.380. The number of fused-ring (bicyclic) bond motifs is 2. The van der Waals surface area contributed by atoms with Gasteiger partial charge in [0.1, 0.15) is 17.7 Å². The second kappa shape index (κ2) is 6.20. The third-order valence-corrected chi connectivity index (χ3v) is 4.61. The van der Waals surface area contributed by atoms with Crippen molar-refractivity contribution in [3.8, 4) is 12.1 Å². The van der Waals surface area contributed by atoms with Gasteiger partial charge in [-0.2, -0.15) is 10.5 Å². The number of hydrogen-bond donors (Lipinski definition) is 0. The molecule has 0 saturated carbocycles. The van der Waals surface area contributed by atoms with Gasteiger partial charge in [-0.25, -0.2) is 0 Å². The van der Waals surface area contributed by atoms with Gasteiger partial charge in [0.2, 0.25) is 0 Å². The van der Waals surface area contributed by atoms with E-state index in [1.165, 1.54) is 0 Å². The molecule has 0 saturated heterocycles. The number of hydrogen-bond acceptors (Lipinski definition) is 3. The van der Waals surface area contributed by atoms with E-state index in [4.69, 9.17) is 0 Å². The van der Waals surface area contributed by atoms with Crippen LogP contribution in [0.1, 0.15) is 11.1 Å². The molecule has 0 bridgehead atoms. The number of amides is 1. The molecule has 4 rings (SSSR count). The zero-order valence-electron chi connectivity index (χ0n) is 13.8. The fourth-order valence-corrected chi connectivity index (χ4v) is 3.42. The predicted molar refractivity (Wildman–Crippen MR) is 99.7 cm³/mol. The summed E-state index contributed by atoms with van der Waals surface area (Å²) in [5.74, 6) is -0.308. The van der Waals surface area contributed by atoms with Gasteiger partial charge in [-0.3, -0.25) is 4.79 Å². The van der Waals surface area contributed by atoms with Gasteiger partial charge >= 0.3 is 0 Å². The Morgan fingerprint density at radius 2 is 1.58 bits per heavy atom. The number of allylic oxidation sites excluding steroid dienone is 1. The van der Waals surface area contributed by atoms with E-state index < -0.39 is 0 Å². The number of carbonyl (C=O) groups is 1. The molecule has 0 radical (unpaired) electrons. The van der Waals surface area contributed by atoms with Crippen molar-refractivity contribution >= 4 is 27.9 Å². The molecule has 122 valence electrons. The largest absolute Gasteiger partial charge is 0.303 e. The predicted octanol–water partition coefficient (Wildman–Crippen LogP) is 4.19. The van der Waals surface area contributed by atoms with Crippen molar-refractivity contribution < 1.29 is 4.79 Å². The van der Waals surface area contributed by atoms with Crippen LogP contribution in [0.25, 0.3) is 16.3 Å². The highest BCUT2D eigenvalue weighted by molar-refractivity contribution is 6.34. The summed E-state index contributed by atoms with van der Waals surface area (Å²) >= 11 is 0. The van der Waals surface area contributed by atoms with Crippen LogP contribution >= 0.6 is 0 Å². The van der Waals surface area contributed by atoms with E-state index in [-0.39, 0.29) is 17.1 Å². The zero-order valence-corrected chi connectivity index (χ0v) is 13.8. The first-order valence-electron chi connectivity index (χ1n) is 8.17. The molecule has 0 aromatic heterocycles. The molecule has 1 aliphatic heterocycles. The third-order valence-electron chi connectivity index (χ3n) is 4.61. The maximum atomic E-state index is 13.0. The minimum Gasteiger partial charge on any atom is -0.303 e. The number of nitriles is 2. The van der Waals surface area contributed by atoms with Crippen LogP contribution in [0.15, 0.2) is 72.3 Å². The first kappa shape index (κ1) is 15.6. The van der Waals surface area contributed by atoms with Gasteiger partial charge in [-0.1, -0.05) is 60.7 Å². The summed E-state index contributed by atoms with van der Waals surface area (Å²) in [4.78, 5) is 14.7. The van der Waals surface area contributed by atoms with E-state index >= 15 is 0 Å². The average Bonchev–Trinajstić information content (AvgIpc) is 2.96. The first-order chi connectivity index (χ1) is 12.7. The van der Waals surface area contributed by atoms with Crippen molar-refractivity contribution in [2.45, 2.75) is 6.54 Å². The molecule has 4 nitrogen and oxygen atoms in total. The Hall–Kier alpha value is -3.89. The molecule has 1 heterocycles. The molecule has 0 spiro atoms. The van der Waals surface area contributed by atoms with Gasteiger partial charge in [-0.05, 0) is 22.4 Å². The van der Waals surface area contributed by atoms with Crippen LogP contribution in [0.3, 0.4) is 0 Å². The molecular weight excluding hydrogens is 322 g/mol.